The third kappa shape index (κ3) is 3.50. The topological polar surface area (TPSA) is 57.7 Å². The van der Waals surface area contributed by atoms with Crippen LogP contribution in [0.4, 0.5) is 13.2 Å². The van der Waals surface area contributed by atoms with E-state index >= 15 is 0 Å². The number of carbonyl (C=O) groups excluding carboxylic acids is 1. The maximum Gasteiger partial charge on any atom is 0.246 e. The van der Waals surface area contributed by atoms with Crippen LogP contribution in [0.3, 0.4) is 0 Å². The third-order valence-corrected chi connectivity index (χ3v) is 7.98. The molecule has 2 aromatic carbocycles. The monoisotopic (exact) mass is 438 g/mol. The van der Waals surface area contributed by atoms with Crippen LogP contribution in [0.15, 0.2) is 47.4 Å². The van der Waals surface area contributed by atoms with Crippen LogP contribution in [0, 0.1) is 17.5 Å². The van der Waals surface area contributed by atoms with E-state index < -0.39 is 32.0 Å². The van der Waals surface area contributed by atoms with E-state index in [4.69, 9.17) is 0 Å². The first-order valence-corrected chi connectivity index (χ1v) is 11.2. The predicted octanol–water partition coefficient (Wildman–Crippen LogP) is 3.06. The van der Waals surface area contributed by atoms with Gasteiger partial charge in [-0.15, -0.1) is 0 Å². The Hall–Kier alpha value is -2.39. The first-order valence-electron chi connectivity index (χ1n) is 9.75. The zero-order valence-electron chi connectivity index (χ0n) is 16.2. The molecule has 1 aliphatic carbocycles. The maximum absolute atomic E-state index is 14.0. The van der Waals surface area contributed by atoms with Crippen LogP contribution in [-0.2, 0) is 20.2 Å². The van der Waals surface area contributed by atoms with E-state index in [0.717, 1.165) is 28.4 Å². The lowest BCUT2D eigenvalue weighted by Crippen LogP contribution is -2.57. The largest absolute Gasteiger partial charge is 0.339 e. The molecule has 0 unspecified atom stereocenters. The number of carbonyl (C=O) groups is 1. The Morgan fingerprint density at radius 1 is 0.867 bits per heavy atom. The van der Waals surface area contributed by atoms with Crippen molar-refractivity contribution in [2.24, 2.45) is 0 Å². The normalized spacial score (nSPS) is 19.4. The highest BCUT2D eigenvalue weighted by atomic mass is 32.2. The molecular formula is C21H21F3N2O3S. The number of nitrogens with zero attached hydrogens (tertiary/aromatic N) is 2. The number of amides is 1. The SMILES string of the molecule is O=C(N1CCN(S(=O)(=O)c2ccc(F)cc2F)CC1)C1(c2ccc(F)cc2)CCC1. The lowest BCUT2D eigenvalue weighted by molar-refractivity contribution is -0.142. The molecule has 160 valence electrons. The van der Waals surface area contributed by atoms with Gasteiger partial charge in [-0.2, -0.15) is 4.31 Å². The van der Waals surface area contributed by atoms with Gasteiger partial charge in [0, 0.05) is 32.2 Å². The van der Waals surface area contributed by atoms with Crippen molar-refractivity contribution in [3.8, 4) is 0 Å². The fourth-order valence-electron chi connectivity index (χ4n) is 4.18. The van der Waals surface area contributed by atoms with Crippen LogP contribution in [0.5, 0.6) is 0 Å². The van der Waals surface area contributed by atoms with Gasteiger partial charge in [-0.05, 0) is 42.7 Å². The molecule has 2 aliphatic rings. The summed E-state index contributed by atoms with van der Waals surface area (Å²) < 4.78 is 67.0. The van der Waals surface area contributed by atoms with Crippen molar-refractivity contribution >= 4 is 15.9 Å². The maximum atomic E-state index is 14.0. The lowest BCUT2D eigenvalue weighted by Gasteiger charge is -2.45. The summed E-state index contributed by atoms with van der Waals surface area (Å²) in [5.41, 5.74) is 0.0706. The molecule has 0 radical (unpaired) electrons. The molecule has 9 heteroatoms. The molecule has 2 fully saturated rings. The molecule has 1 aliphatic heterocycles. The molecule has 5 nitrogen and oxygen atoms in total. The van der Waals surface area contributed by atoms with Crippen molar-refractivity contribution in [3.63, 3.8) is 0 Å². The predicted molar refractivity (Wildman–Crippen MR) is 104 cm³/mol. The molecule has 0 aromatic heterocycles. The summed E-state index contributed by atoms with van der Waals surface area (Å²) in [7, 11) is -4.13. The molecule has 1 saturated carbocycles. The first kappa shape index (κ1) is 20.9. The third-order valence-electron chi connectivity index (χ3n) is 6.05. The highest BCUT2D eigenvalue weighted by Gasteiger charge is 2.48. The molecule has 0 bridgehead atoms. The zero-order valence-corrected chi connectivity index (χ0v) is 17.0. The van der Waals surface area contributed by atoms with Gasteiger partial charge in [0.25, 0.3) is 0 Å². The Bertz CT molecular complexity index is 1060. The summed E-state index contributed by atoms with van der Waals surface area (Å²) in [5, 5.41) is 0. The van der Waals surface area contributed by atoms with Crippen LogP contribution in [0.1, 0.15) is 24.8 Å². The van der Waals surface area contributed by atoms with E-state index in [1.807, 2.05) is 0 Å². The highest BCUT2D eigenvalue weighted by Crippen LogP contribution is 2.45. The van der Waals surface area contributed by atoms with E-state index in [9.17, 15) is 26.4 Å². The lowest BCUT2D eigenvalue weighted by atomic mass is 9.63. The molecule has 30 heavy (non-hydrogen) atoms. The molecule has 4 rings (SSSR count). The summed E-state index contributed by atoms with van der Waals surface area (Å²) in [4.78, 5) is 14.3. The number of sulfonamides is 1. The number of hydrogen-bond acceptors (Lipinski definition) is 3. The van der Waals surface area contributed by atoms with Gasteiger partial charge in [0.05, 0.1) is 5.41 Å². The van der Waals surface area contributed by atoms with Crippen molar-refractivity contribution in [2.75, 3.05) is 26.2 Å². The molecule has 2 aromatic rings. The summed E-state index contributed by atoms with van der Waals surface area (Å²) in [6.07, 6.45) is 2.22. The van der Waals surface area contributed by atoms with E-state index in [1.165, 1.54) is 12.1 Å². The minimum atomic E-state index is -4.13. The molecule has 0 spiro atoms. The molecule has 1 saturated heterocycles. The number of piperazine rings is 1. The Balaban J connectivity index is 1.49. The van der Waals surface area contributed by atoms with Gasteiger partial charge in [-0.1, -0.05) is 18.6 Å². The van der Waals surface area contributed by atoms with Crippen LogP contribution in [-0.4, -0.2) is 49.7 Å². The highest BCUT2D eigenvalue weighted by molar-refractivity contribution is 7.89. The van der Waals surface area contributed by atoms with Gasteiger partial charge >= 0.3 is 0 Å². The molecule has 1 amide bonds. The standard InChI is InChI=1S/C21H21F3N2O3S/c22-16-4-2-15(3-5-16)21(8-1-9-21)20(27)25-10-12-26(13-11-25)30(28,29)19-7-6-17(23)14-18(19)24/h2-7,14H,1,8-13H2. The van der Waals surface area contributed by atoms with E-state index in [0.29, 0.717) is 18.9 Å². The van der Waals surface area contributed by atoms with Gasteiger partial charge in [0.15, 0.2) is 0 Å². The van der Waals surface area contributed by atoms with Crippen molar-refractivity contribution in [2.45, 2.75) is 29.6 Å². The second-order valence-corrected chi connectivity index (χ2v) is 9.62. The zero-order chi connectivity index (χ0) is 21.5. The van der Waals surface area contributed by atoms with Gasteiger partial charge in [-0.3, -0.25) is 4.79 Å². The quantitative estimate of drug-likeness (QED) is 0.737. The van der Waals surface area contributed by atoms with Gasteiger partial charge in [-0.25, -0.2) is 21.6 Å². The van der Waals surface area contributed by atoms with Crippen molar-refractivity contribution in [1.82, 2.24) is 9.21 Å². The van der Waals surface area contributed by atoms with Gasteiger partial charge in [0.2, 0.25) is 15.9 Å². The van der Waals surface area contributed by atoms with Gasteiger partial charge in [0.1, 0.15) is 22.3 Å². The summed E-state index contributed by atoms with van der Waals surface area (Å²) in [6, 6.07) is 8.29. The van der Waals surface area contributed by atoms with E-state index in [1.54, 1.807) is 17.0 Å². The van der Waals surface area contributed by atoms with Gasteiger partial charge < -0.3 is 4.90 Å². The van der Waals surface area contributed by atoms with Crippen LogP contribution < -0.4 is 0 Å². The summed E-state index contributed by atoms with van der Waals surface area (Å²) in [6.45, 7) is 0.377. The van der Waals surface area contributed by atoms with Crippen molar-refractivity contribution < 1.29 is 26.4 Å². The molecule has 0 N–H and O–H groups in total. The minimum Gasteiger partial charge on any atom is -0.339 e. The number of halogens is 3. The van der Waals surface area contributed by atoms with E-state index in [-0.39, 0.29) is 37.9 Å². The number of rotatable bonds is 4. The second-order valence-electron chi connectivity index (χ2n) is 7.71. The van der Waals surface area contributed by atoms with Crippen LogP contribution >= 0.6 is 0 Å². The summed E-state index contributed by atoms with van der Waals surface area (Å²) in [5.74, 6) is -2.45. The smallest absolute Gasteiger partial charge is 0.246 e. The molecule has 0 atom stereocenters. The molecular weight excluding hydrogens is 417 g/mol. The first-order chi connectivity index (χ1) is 14.2. The second kappa shape index (κ2) is 7.70. The average Bonchev–Trinajstić information content (AvgIpc) is 2.68. The Labute approximate surface area is 173 Å². The van der Waals surface area contributed by atoms with E-state index in [2.05, 4.69) is 0 Å². The number of benzene rings is 2. The molecule has 1 heterocycles. The Morgan fingerprint density at radius 2 is 1.47 bits per heavy atom. The fraction of sp³-hybridized carbons (Fsp3) is 0.381. The minimum absolute atomic E-state index is 0.0182. The van der Waals surface area contributed by atoms with Crippen molar-refractivity contribution in [1.29, 1.82) is 0 Å². The summed E-state index contributed by atoms with van der Waals surface area (Å²) >= 11 is 0. The Kier molecular flexibility index (Phi) is 5.36. The Morgan fingerprint density at radius 3 is 2.00 bits per heavy atom. The number of hydrogen-bond donors (Lipinski definition) is 0. The van der Waals surface area contributed by atoms with Crippen LogP contribution in [0.2, 0.25) is 0 Å². The van der Waals surface area contributed by atoms with Crippen molar-refractivity contribution in [3.05, 3.63) is 65.5 Å². The fourth-order valence-corrected chi connectivity index (χ4v) is 5.65. The van der Waals surface area contributed by atoms with Crippen LogP contribution in [0.25, 0.3) is 0 Å². The average molecular weight is 438 g/mol.